The second-order valence-electron chi connectivity index (χ2n) is 10.00. The van der Waals surface area contributed by atoms with E-state index in [1.54, 1.807) is 25.1 Å². The van der Waals surface area contributed by atoms with Crippen molar-refractivity contribution in [2.45, 2.75) is 59.0 Å². The number of pyridine rings is 1. The number of anilines is 2. The minimum atomic E-state index is -1.44. The summed E-state index contributed by atoms with van der Waals surface area (Å²) in [6.07, 6.45) is -0.322. The van der Waals surface area contributed by atoms with Crippen LogP contribution < -0.4 is 5.32 Å². The summed E-state index contributed by atoms with van der Waals surface area (Å²) in [5.41, 5.74) is -1.48. The summed E-state index contributed by atoms with van der Waals surface area (Å²) in [5, 5.41) is 19.6. The standard InChI is InChI=1S/C27H29ClF3N5O3/c1-4-19(37)21-23(30)18(32-25(24(21)31)33-20-10-14(2)34-35-20)12-27(26(38)39)8-9-36(15(3)11-27)13-16-6-5-7-17(28)22(16)29/h5-7,10,15H,4,8-9,11-13H2,1-3H3,(H,38,39)(H2,32,33,34,35)/t15-,27-/m1/s1. The molecule has 0 bridgehead atoms. The van der Waals surface area contributed by atoms with Crippen LogP contribution in [0.5, 0.6) is 0 Å². The van der Waals surface area contributed by atoms with Crippen LogP contribution in [-0.2, 0) is 17.8 Å². The van der Waals surface area contributed by atoms with Crippen molar-refractivity contribution in [2.24, 2.45) is 5.41 Å². The van der Waals surface area contributed by atoms with Gasteiger partial charge in [-0.05, 0) is 39.3 Å². The molecule has 0 spiro atoms. The van der Waals surface area contributed by atoms with Gasteiger partial charge in [0.2, 0.25) is 0 Å². The number of carbonyl (C=O) groups is 2. The fraction of sp³-hybridized carbons (Fsp3) is 0.407. The topological polar surface area (TPSA) is 111 Å². The summed E-state index contributed by atoms with van der Waals surface area (Å²) in [6.45, 7) is 5.52. The Morgan fingerprint density at radius 1 is 1.26 bits per heavy atom. The van der Waals surface area contributed by atoms with E-state index in [0.717, 1.165) is 0 Å². The largest absolute Gasteiger partial charge is 0.481 e. The van der Waals surface area contributed by atoms with Crippen molar-refractivity contribution in [1.82, 2.24) is 20.1 Å². The van der Waals surface area contributed by atoms with E-state index in [2.05, 4.69) is 20.5 Å². The van der Waals surface area contributed by atoms with Gasteiger partial charge in [-0.2, -0.15) is 5.10 Å². The minimum absolute atomic E-state index is 0.00162. The molecule has 208 valence electrons. The molecule has 8 nitrogen and oxygen atoms in total. The number of ketones is 1. The van der Waals surface area contributed by atoms with E-state index in [1.165, 1.54) is 13.0 Å². The predicted octanol–water partition coefficient (Wildman–Crippen LogP) is 5.82. The van der Waals surface area contributed by atoms with Crippen LogP contribution in [0.4, 0.5) is 24.8 Å². The van der Waals surface area contributed by atoms with E-state index in [0.29, 0.717) is 11.3 Å². The molecular formula is C27H29ClF3N5O3. The Balaban J connectivity index is 1.66. The highest BCUT2D eigenvalue weighted by atomic mass is 35.5. The second kappa shape index (κ2) is 11.4. The van der Waals surface area contributed by atoms with Gasteiger partial charge in [-0.3, -0.25) is 19.6 Å². The van der Waals surface area contributed by atoms with E-state index < -0.39 is 46.0 Å². The van der Waals surface area contributed by atoms with E-state index in [1.807, 2.05) is 11.8 Å². The number of aromatic nitrogens is 3. The van der Waals surface area contributed by atoms with Crippen LogP contribution in [0.3, 0.4) is 0 Å². The first-order valence-corrected chi connectivity index (χ1v) is 12.9. The first-order chi connectivity index (χ1) is 18.5. The Morgan fingerprint density at radius 2 is 2.00 bits per heavy atom. The molecule has 3 N–H and O–H groups in total. The maximum absolute atomic E-state index is 15.6. The molecule has 2 atom stereocenters. The van der Waals surface area contributed by atoms with Gasteiger partial charge in [0.05, 0.1) is 21.7 Å². The number of carbonyl (C=O) groups excluding carboxylic acids is 1. The number of hydrogen-bond donors (Lipinski definition) is 3. The van der Waals surface area contributed by atoms with Crippen LogP contribution in [0.1, 0.15) is 60.4 Å². The molecule has 1 aromatic carbocycles. The fourth-order valence-corrected chi connectivity index (χ4v) is 5.26. The van der Waals surface area contributed by atoms with Crippen LogP contribution >= 0.6 is 11.6 Å². The van der Waals surface area contributed by atoms with Crippen LogP contribution in [0.25, 0.3) is 0 Å². The zero-order valence-electron chi connectivity index (χ0n) is 21.7. The van der Waals surface area contributed by atoms with Crippen LogP contribution in [0.2, 0.25) is 5.02 Å². The number of aliphatic carboxylic acids is 1. The lowest BCUT2D eigenvalue weighted by molar-refractivity contribution is -0.153. The highest BCUT2D eigenvalue weighted by molar-refractivity contribution is 6.30. The number of halogens is 4. The molecule has 12 heteroatoms. The van der Waals surface area contributed by atoms with Gasteiger partial charge in [-0.25, -0.2) is 18.2 Å². The summed E-state index contributed by atoms with van der Waals surface area (Å²) in [7, 11) is 0. The minimum Gasteiger partial charge on any atom is -0.481 e. The summed E-state index contributed by atoms with van der Waals surface area (Å²) < 4.78 is 45.3. The van der Waals surface area contributed by atoms with Crippen molar-refractivity contribution in [1.29, 1.82) is 0 Å². The number of aryl methyl sites for hydroxylation is 1. The zero-order valence-corrected chi connectivity index (χ0v) is 22.5. The lowest BCUT2D eigenvalue weighted by Crippen LogP contribution is -2.50. The van der Waals surface area contributed by atoms with Gasteiger partial charge in [-0.15, -0.1) is 0 Å². The number of rotatable bonds is 9. The number of benzene rings is 1. The van der Waals surface area contributed by atoms with Gasteiger partial charge in [0, 0.05) is 42.8 Å². The zero-order chi connectivity index (χ0) is 28.5. The molecule has 1 aliphatic rings. The molecule has 3 heterocycles. The van der Waals surface area contributed by atoms with Crippen LogP contribution in [0, 0.1) is 29.8 Å². The molecule has 0 saturated carbocycles. The van der Waals surface area contributed by atoms with Crippen LogP contribution in [-0.4, -0.2) is 49.5 Å². The smallest absolute Gasteiger partial charge is 0.310 e. The number of aromatic amines is 1. The average Bonchev–Trinajstić information content (AvgIpc) is 3.30. The summed E-state index contributed by atoms with van der Waals surface area (Å²) >= 11 is 5.91. The number of likely N-dealkylation sites (tertiary alicyclic amines) is 1. The average molecular weight is 564 g/mol. The maximum Gasteiger partial charge on any atom is 0.310 e. The third-order valence-electron chi connectivity index (χ3n) is 7.25. The third kappa shape index (κ3) is 5.79. The number of Topliss-reactive ketones (excluding diaryl/α,β-unsaturated/α-hetero) is 1. The van der Waals surface area contributed by atoms with E-state index in [9.17, 15) is 19.1 Å². The number of nitrogens with one attached hydrogen (secondary N) is 2. The SMILES string of the molecule is CCC(=O)c1c(F)c(C[C@@]2(C(=O)O)CCN(Cc3cccc(Cl)c3F)[C@H](C)C2)nc(Nc2cc(C)[nH]n2)c1F. The molecule has 0 amide bonds. The number of carboxylic acids is 1. The Labute approximate surface area is 228 Å². The molecule has 1 fully saturated rings. The van der Waals surface area contributed by atoms with E-state index >= 15 is 8.78 Å². The van der Waals surface area contributed by atoms with Gasteiger partial charge < -0.3 is 10.4 Å². The molecule has 39 heavy (non-hydrogen) atoms. The van der Waals surface area contributed by atoms with Crippen molar-refractivity contribution in [3.63, 3.8) is 0 Å². The van der Waals surface area contributed by atoms with E-state index in [4.69, 9.17) is 11.6 Å². The van der Waals surface area contributed by atoms with Crippen LogP contribution in [0.15, 0.2) is 24.3 Å². The normalized spacial score (nSPS) is 19.7. The molecule has 1 aliphatic heterocycles. The molecule has 3 aromatic rings. The van der Waals surface area contributed by atoms with Gasteiger partial charge in [0.15, 0.2) is 29.1 Å². The first kappa shape index (κ1) is 28.6. The maximum atomic E-state index is 15.6. The quantitative estimate of drug-likeness (QED) is 0.281. The van der Waals surface area contributed by atoms with Gasteiger partial charge in [0.1, 0.15) is 5.82 Å². The molecule has 1 saturated heterocycles. The van der Waals surface area contributed by atoms with Crippen molar-refractivity contribution in [2.75, 3.05) is 11.9 Å². The number of piperidine rings is 1. The predicted molar refractivity (Wildman–Crippen MR) is 140 cm³/mol. The Hall–Kier alpha value is -3.44. The monoisotopic (exact) mass is 563 g/mol. The lowest BCUT2D eigenvalue weighted by atomic mass is 9.72. The van der Waals surface area contributed by atoms with Crippen molar-refractivity contribution < 1.29 is 27.9 Å². The number of carboxylic acid groups (broad SMARTS) is 1. The van der Waals surface area contributed by atoms with E-state index in [-0.39, 0.29) is 61.3 Å². The van der Waals surface area contributed by atoms with Gasteiger partial charge >= 0.3 is 5.97 Å². The molecule has 4 rings (SSSR count). The summed E-state index contributed by atoms with van der Waals surface area (Å²) in [4.78, 5) is 31.2. The van der Waals surface area contributed by atoms with Crippen molar-refractivity contribution >= 4 is 35.0 Å². The Morgan fingerprint density at radius 3 is 2.62 bits per heavy atom. The molecule has 0 radical (unpaired) electrons. The molecule has 0 unspecified atom stereocenters. The molecule has 0 aliphatic carbocycles. The fourth-order valence-electron chi connectivity index (χ4n) is 5.07. The highest BCUT2D eigenvalue weighted by Crippen LogP contribution is 2.40. The molecular weight excluding hydrogens is 535 g/mol. The lowest BCUT2D eigenvalue weighted by Gasteiger charge is -2.43. The number of H-pyrrole nitrogens is 1. The Kier molecular flexibility index (Phi) is 8.31. The second-order valence-corrected chi connectivity index (χ2v) is 10.4. The van der Waals surface area contributed by atoms with Crippen molar-refractivity contribution in [3.05, 3.63) is 69.3 Å². The summed E-state index contributed by atoms with van der Waals surface area (Å²) in [5.74, 6) is -5.01. The highest BCUT2D eigenvalue weighted by Gasteiger charge is 2.46. The number of nitrogens with zero attached hydrogens (tertiary/aromatic N) is 3. The third-order valence-corrected chi connectivity index (χ3v) is 7.54. The Bertz CT molecular complexity index is 1420. The van der Waals surface area contributed by atoms with Crippen molar-refractivity contribution in [3.8, 4) is 0 Å². The number of hydrogen-bond acceptors (Lipinski definition) is 6. The molecule has 2 aromatic heterocycles. The first-order valence-electron chi connectivity index (χ1n) is 12.6. The summed E-state index contributed by atoms with van der Waals surface area (Å²) in [6, 6.07) is 5.97. The van der Waals surface area contributed by atoms with Gasteiger partial charge in [-0.1, -0.05) is 30.7 Å². The van der Waals surface area contributed by atoms with Gasteiger partial charge in [0.25, 0.3) is 0 Å².